The Hall–Kier alpha value is -3.66. The number of methoxy groups -OCH3 is 2. The molecule has 0 saturated heterocycles. The zero-order valence-electron chi connectivity index (χ0n) is 27.1. The fourth-order valence-corrected chi connectivity index (χ4v) is 6.14. The van der Waals surface area contributed by atoms with Crippen LogP contribution in [0.15, 0.2) is 94.7 Å². The van der Waals surface area contributed by atoms with Gasteiger partial charge in [-0.05, 0) is 72.5 Å². The van der Waals surface area contributed by atoms with Crippen molar-refractivity contribution in [2.24, 2.45) is 5.84 Å². The molecule has 0 radical (unpaired) electrons. The number of nitrogens with two attached hydrogens (primary N) is 1. The Morgan fingerprint density at radius 2 is 1.06 bits per heavy atom. The van der Waals surface area contributed by atoms with Gasteiger partial charge in [0.25, 0.3) is 0 Å². The van der Waals surface area contributed by atoms with Crippen molar-refractivity contribution < 1.29 is 73.6 Å². The van der Waals surface area contributed by atoms with Crippen molar-refractivity contribution in [3.05, 3.63) is 135 Å². The average molecular weight is 703 g/mol. The minimum absolute atomic E-state index is 0. The van der Waals surface area contributed by atoms with E-state index in [0.29, 0.717) is 17.1 Å². The van der Waals surface area contributed by atoms with Gasteiger partial charge in [0, 0.05) is 21.3 Å². The fourth-order valence-electron chi connectivity index (χ4n) is 4.34. The van der Waals surface area contributed by atoms with E-state index < -0.39 is 23.9 Å². The standard InChI is InChI=1S/C18H18O4S.C16H14O4S.H3N2O.Na/c1-12-9-13(11-23-14-7-5-4-6-8-14)16(18(20)22-3)15(10-12)17(19)21-2;1-10-7-11(9-21-12-5-3-2-4-6-12)14(16(19)20)13(8-10)15(17)18;1-2-3;/h4-10H,11H2,1-3H3;2-8H,9H2,1H3,(H,17,18)(H,19,20);3H,1H2;/q;;-1;+1. The summed E-state index contributed by atoms with van der Waals surface area (Å²) in [6, 6.07) is 26.1. The Labute approximate surface area is 309 Å². The number of hydrogen-bond acceptors (Lipinski definition) is 10. The van der Waals surface area contributed by atoms with Crippen molar-refractivity contribution in [2.45, 2.75) is 35.1 Å². The number of benzene rings is 4. The summed E-state index contributed by atoms with van der Waals surface area (Å²) in [6.45, 7) is 3.64. The monoisotopic (exact) mass is 702 g/mol. The number of carbonyl (C=O) groups is 4. The molecule has 4 aromatic rings. The SMILES string of the molecule is COC(=O)c1cc(C)cc(CSc2ccccc2)c1C(=O)OC.Cc1cc(CSc2ccccc2)c(C(=O)O)c(C(=O)O)c1.N[N-]O.[Na+]. The maximum absolute atomic E-state index is 12.2. The number of carboxylic acids is 2. The molecule has 0 aliphatic carbocycles. The second-order valence-corrected chi connectivity index (χ2v) is 11.7. The van der Waals surface area contributed by atoms with Crippen LogP contribution in [0.1, 0.15) is 63.7 Å². The van der Waals surface area contributed by atoms with E-state index in [0.717, 1.165) is 26.5 Å². The zero-order valence-corrected chi connectivity index (χ0v) is 30.8. The summed E-state index contributed by atoms with van der Waals surface area (Å²) in [6.07, 6.45) is 0. The van der Waals surface area contributed by atoms with Gasteiger partial charge in [0.05, 0.1) is 36.5 Å². The van der Waals surface area contributed by atoms with E-state index in [4.69, 9.17) is 14.7 Å². The van der Waals surface area contributed by atoms with Crippen molar-refractivity contribution in [2.75, 3.05) is 14.2 Å². The first-order valence-corrected chi connectivity index (χ1v) is 15.7. The molecule has 0 aromatic heterocycles. The van der Waals surface area contributed by atoms with Gasteiger partial charge in [0.2, 0.25) is 0 Å². The van der Waals surface area contributed by atoms with Crippen LogP contribution in [0.25, 0.3) is 5.59 Å². The van der Waals surface area contributed by atoms with Gasteiger partial charge in [0.15, 0.2) is 0 Å². The molecule has 11 nitrogen and oxygen atoms in total. The molecule has 5 N–H and O–H groups in total. The molecule has 0 heterocycles. The molecule has 4 aromatic carbocycles. The molecule has 0 bridgehead atoms. The molecule has 248 valence electrons. The molecular formula is C34H35N2NaO9S2. The quantitative estimate of drug-likeness (QED) is 0.0608. The number of aromatic carboxylic acids is 2. The maximum Gasteiger partial charge on any atom is 1.00 e. The molecule has 14 heteroatoms. The second kappa shape index (κ2) is 22.1. The number of thioether (sulfide) groups is 2. The average Bonchev–Trinajstić information content (AvgIpc) is 3.06. The first-order valence-electron chi connectivity index (χ1n) is 13.8. The van der Waals surface area contributed by atoms with Gasteiger partial charge >= 0.3 is 53.4 Å². The molecule has 0 fully saturated rings. The molecule has 48 heavy (non-hydrogen) atoms. The fraction of sp³-hybridized carbons (Fsp3) is 0.176. The van der Waals surface area contributed by atoms with Gasteiger partial charge in [-0.1, -0.05) is 48.5 Å². The Bertz CT molecular complexity index is 1670. The number of carboxylic acid groups (broad SMARTS) is 2. The predicted molar refractivity (Wildman–Crippen MR) is 180 cm³/mol. The van der Waals surface area contributed by atoms with Crippen LogP contribution >= 0.6 is 23.5 Å². The van der Waals surface area contributed by atoms with Crippen LogP contribution in [-0.4, -0.2) is 53.5 Å². The Morgan fingerprint density at radius 3 is 1.44 bits per heavy atom. The van der Waals surface area contributed by atoms with Crippen LogP contribution in [0.4, 0.5) is 0 Å². The Kier molecular flexibility index (Phi) is 19.5. The van der Waals surface area contributed by atoms with E-state index in [-0.39, 0.29) is 51.8 Å². The largest absolute Gasteiger partial charge is 1.00 e. The molecule has 0 spiro atoms. The first kappa shape index (κ1) is 42.4. The molecule has 0 unspecified atom stereocenters. The smallest absolute Gasteiger partial charge is 0.488 e. The number of aryl methyl sites for hydroxylation is 2. The van der Waals surface area contributed by atoms with Crippen LogP contribution in [0.3, 0.4) is 0 Å². The number of hydrogen-bond donors (Lipinski definition) is 4. The van der Waals surface area contributed by atoms with Crippen LogP contribution in [-0.2, 0) is 21.0 Å². The van der Waals surface area contributed by atoms with Crippen LogP contribution < -0.4 is 35.4 Å². The maximum atomic E-state index is 12.2. The third-order valence-electron chi connectivity index (χ3n) is 6.24. The van der Waals surface area contributed by atoms with E-state index in [1.165, 1.54) is 32.0 Å². The van der Waals surface area contributed by atoms with Crippen molar-refractivity contribution in [1.82, 2.24) is 0 Å². The summed E-state index contributed by atoms with van der Waals surface area (Å²) in [7, 11) is 2.60. The van der Waals surface area contributed by atoms with Crippen molar-refractivity contribution >= 4 is 47.4 Å². The number of ether oxygens (including phenoxy) is 2. The van der Waals surface area contributed by atoms with E-state index in [2.05, 4.69) is 5.84 Å². The number of rotatable bonds is 10. The van der Waals surface area contributed by atoms with Crippen molar-refractivity contribution in [3.63, 3.8) is 0 Å². The molecular weight excluding hydrogens is 668 g/mol. The van der Waals surface area contributed by atoms with Gasteiger partial charge in [-0.25, -0.2) is 19.2 Å². The predicted octanol–water partition coefficient (Wildman–Crippen LogP) is 4.17. The third kappa shape index (κ3) is 13.1. The minimum atomic E-state index is -1.22. The summed E-state index contributed by atoms with van der Waals surface area (Å²) in [5.74, 6) is 1.49. The Morgan fingerprint density at radius 1 is 0.667 bits per heavy atom. The van der Waals surface area contributed by atoms with Crippen LogP contribution in [0, 0.1) is 13.8 Å². The van der Waals surface area contributed by atoms with Crippen molar-refractivity contribution in [3.8, 4) is 0 Å². The molecule has 0 atom stereocenters. The number of carbonyl (C=O) groups excluding carboxylic acids is 2. The molecule has 4 rings (SSSR count). The summed E-state index contributed by atoms with van der Waals surface area (Å²) in [5, 5.41) is 25.5. The van der Waals surface area contributed by atoms with Gasteiger partial charge in [-0.3, -0.25) is 0 Å². The Balaban J connectivity index is 0.000000437. The van der Waals surface area contributed by atoms with Crippen LogP contribution in [0.2, 0.25) is 0 Å². The van der Waals surface area contributed by atoms with E-state index in [1.807, 2.05) is 79.2 Å². The minimum Gasteiger partial charge on any atom is -0.488 e. The molecule has 0 aliphatic rings. The molecule has 0 saturated carbocycles. The summed E-state index contributed by atoms with van der Waals surface area (Å²) in [4.78, 5) is 48.9. The van der Waals surface area contributed by atoms with E-state index >= 15 is 0 Å². The van der Waals surface area contributed by atoms with Gasteiger partial charge in [-0.2, -0.15) is 0 Å². The van der Waals surface area contributed by atoms with E-state index in [9.17, 15) is 29.4 Å². The first-order chi connectivity index (χ1) is 22.5. The van der Waals surface area contributed by atoms with Gasteiger partial charge < -0.3 is 36.3 Å². The summed E-state index contributed by atoms with van der Waals surface area (Å²) < 4.78 is 9.64. The summed E-state index contributed by atoms with van der Waals surface area (Å²) >= 11 is 3.07. The van der Waals surface area contributed by atoms with Gasteiger partial charge in [0.1, 0.15) is 0 Å². The number of nitrogens with zero attached hydrogens (tertiary/aromatic N) is 1. The third-order valence-corrected chi connectivity index (χ3v) is 8.36. The van der Waals surface area contributed by atoms with E-state index in [1.54, 1.807) is 30.8 Å². The topological polar surface area (TPSA) is 188 Å². The second-order valence-electron chi connectivity index (χ2n) is 9.61. The normalized spacial score (nSPS) is 9.79. The molecule has 0 amide bonds. The van der Waals surface area contributed by atoms with Crippen LogP contribution in [0.5, 0.6) is 0 Å². The number of esters is 2. The molecule has 0 aliphatic heterocycles. The van der Waals surface area contributed by atoms with Crippen molar-refractivity contribution in [1.29, 1.82) is 0 Å². The zero-order chi connectivity index (χ0) is 34.9. The van der Waals surface area contributed by atoms with Gasteiger partial charge in [-0.15, -0.1) is 23.5 Å². The summed E-state index contributed by atoms with van der Waals surface area (Å²) in [5.41, 5.74) is 5.13.